The molecule has 5 heteroatoms. The van der Waals surface area contributed by atoms with Gasteiger partial charge in [0, 0.05) is 35.3 Å². The van der Waals surface area contributed by atoms with Crippen LogP contribution in [0, 0.1) is 0 Å². The highest BCUT2D eigenvalue weighted by Crippen LogP contribution is 2.35. The number of Topliss-reactive ketones (excluding diaryl/α,β-unsaturated/α-hetero) is 1. The molecular weight excluding hydrogens is 328 g/mol. The number of rotatable bonds is 3. The van der Waals surface area contributed by atoms with Gasteiger partial charge in [0.1, 0.15) is 5.75 Å². The number of nitrogens with one attached hydrogen (secondary N) is 1. The van der Waals surface area contributed by atoms with Gasteiger partial charge in [-0.3, -0.25) is 4.79 Å². The Morgan fingerprint density at radius 3 is 2.88 bits per heavy atom. The van der Waals surface area contributed by atoms with Crippen LogP contribution in [-0.2, 0) is 16.0 Å². The van der Waals surface area contributed by atoms with Crippen molar-refractivity contribution in [3.8, 4) is 5.75 Å². The van der Waals surface area contributed by atoms with E-state index in [1.54, 1.807) is 19.3 Å². The predicted octanol–water partition coefficient (Wildman–Crippen LogP) is 3.56. The molecule has 2 aliphatic rings. The first-order chi connectivity index (χ1) is 12.6. The Labute approximate surface area is 151 Å². The first kappa shape index (κ1) is 16.3. The molecule has 4 rings (SSSR count). The molecule has 1 aromatic carbocycles. The zero-order chi connectivity index (χ0) is 18.3. The molecule has 0 bridgehead atoms. The largest absolute Gasteiger partial charge is 0.497 e. The van der Waals surface area contributed by atoms with Gasteiger partial charge in [0.05, 0.1) is 25.6 Å². The van der Waals surface area contributed by atoms with Crippen molar-refractivity contribution >= 4 is 22.4 Å². The Morgan fingerprint density at radius 1 is 1.27 bits per heavy atom. The number of carbonyl (C=O) groups is 1. The molecule has 0 unspecified atom stereocenters. The van der Waals surface area contributed by atoms with Crippen LogP contribution in [-0.4, -0.2) is 36.4 Å². The van der Waals surface area contributed by atoms with E-state index in [-0.39, 0.29) is 5.78 Å². The number of hydrogen-bond donors (Lipinski definition) is 1. The summed E-state index contributed by atoms with van der Waals surface area (Å²) in [5, 5.41) is 1.19. The lowest BCUT2D eigenvalue weighted by molar-refractivity contribution is -0.114. The molecule has 1 aromatic heterocycles. The molecule has 1 N–H and O–H groups in total. The highest BCUT2D eigenvalue weighted by Gasteiger charge is 2.24. The molecule has 0 saturated heterocycles. The number of ether oxygens (including phenoxy) is 2. The maximum Gasteiger partial charge on any atom is 0.228 e. The Balaban J connectivity index is 1.68. The van der Waals surface area contributed by atoms with Crippen molar-refractivity contribution in [1.82, 2.24) is 9.88 Å². The number of carbonyl (C=O) groups excluding carboxylic acids is 1. The van der Waals surface area contributed by atoms with Gasteiger partial charge in [-0.1, -0.05) is 12.7 Å². The van der Waals surface area contributed by atoms with Crippen LogP contribution in [0.1, 0.15) is 11.3 Å². The van der Waals surface area contributed by atoms with Crippen molar-refractivity contribution in [3.05, 3.63) is 71.8 Å². The summed E-state index contributed by atoms with van der Waals surface area (Å²) >= 11 is 0. The lowest BCUT2D eigenvalue weighted by Gasteiger charge is -2.28. The van der Waals surface area contributed by atoms with E-state index in [4.69, 9.17) is 9.47 Å². The Morgan fingerprint density at radius 2 is 2.12 bits per heavy atom. The van der Waals surface area contributed by atoms with E-state index in [1.807, 2.05) is 29.3 Å². The van der Waals surface area contributed by atoms with Crippen LogP contribution >= 0.6 is 0 Å². The summed E-state index contributed by atoms with van der Waals surface area (Å²) < 4.78 is 10.4. The minimum Gasteiger partial charge on any atom is -0.497 e. The first-order valence-corrected chi connectivity index (χ1v) is 8.45. The van der Waals surface area contributed by atoms with Crippen molar-refractivity contribution in [3.63, 3.8) is 0 Å². The molecule has 5 nitrogen and oxygen atoms in total. The smallest absolute Gasteiger partial charge is 0.228 e. The number of fused-ring (bicyclic) bond motifs is 3. The highest BCUT2D eigenvalue weighted by molar-refractivity contribution is 6.10. The summed E-state index contributed by atoms with van der Waals surface area (Å²) in [5.41, 5.74) is 4.73. The fraction of sp³-hybridized carbons (Fsp3) is 0.190. The summed E-state index contributed by atoms with van der Waals surface area (Å²) in [6.07, 6.45) is 8.01. The van der Waals surface area contributed by atoms with Crippen molar-refractivity contribution in [1.29, 1.82) is 0 Å². The third-order valence-electron chi connectivity index (χ3n) is 4.88. The summed E-state index contributed by atoms with van der Waals surface area (Å²) in [6.45, 7) is 5.01. The van der Waals surface area contributed by atoms with E-state index in [1.165, 1.54) is 18.1 Å². The van der Waals surface area contributed by atoms with Gasteiger partial charge in [-0.05, 0) is 36.3 Å². The molecule has 0 amide bonds. The first-order valence-electron chi connectivity index (χ1n) is 8.45. The summed E-state index contributed by atoms with van der Waals surface area (Å²) in [7, 11) is 3.17. The van der Waals surface area contributed by atoms with Gasteiger partial charge in [-0.25, -0.2) is 0 Å². The van der Waals surface area contributed by atoms with Crippen molar-refractivity contribution in [2.75, 3.05) is 20.8 Å². The minimum atomic E-state index is -0.116. The van der Waals surface area contributed by atoms with E-state index in [2.05, 4.69) is 17.6 Å². The normalized spacial score (nSPS) is 18.3. The Kier molecular flexibility index (Phi) is 3.92. The molecular formula is C21H20N2O3. The number of H-pyrrole nitrogens is 1. The monoisotopic (exact) mass is 348 g/mol. The van der Waals surface area contributed by atoms with E-state index in [0.717, 1.165) is 35.6 Å². The second-order valence-corrected chi connectivity index (χ2v) is 6.29. The van der Waals surface area contributed by atoms with Crippen LogP contribution in [0.5, 0.6) is 5.75 Å². The molecule has 1 aliphatic heterocycles. The van der Waals surface area contributed by atoms with Crippen molar-refractivity contribution < 1.29 is 14.3 Å². The van der Waals surface area contributed by atoms with Gasteiger partial charge >= 0.3 is 0 Å². The molecule has 0 radical (unpaired) electrons. The van der Waals surface area contributed by atoms with Crippen molar-refractivity contribution in [2.24, 2.45) is 0 Å². The third kappa shape index (κ3) is 2.52. The highest BCUT2D eigenvalue weighted by atomic mass is 16.5. The predicted molar refractivity (Wildman–Crippen MR) is 102 cm³/mol. The number of methoxy groups -OCH3 is 2. The number of aromatic amines is 1. The van der Waals surface area contributed by atoms with Gasteiger partial charge in [0.15, 0.2) is 5.76 Å². The quantitative estimate of drug-likeness (QED) is 0.862. The summed E-state index contributed by atoms with van der Waals surface area (Å²) in [5.74, 6) is 1.05. The van der Waals surface area contributed by atoms with Gasteiger partial charge in [-0.15, -0.1) is 0 Å². The van der Waals surface area contributed by atoms with Crippen LogP contribution in [0.4, 0.5) is 0 Å². The Bertz CT molecular complexity index is 1010. The number of ketones is 1. The summed E-state index contributed by atoms with van der Waals surface area (Å²) in [6, 6.07) is 6.04. The topological polar surface area (TPSA) is 54.6 Å². The minimum absolute atomic E-state index is 0.116. The molecule has 2 heterocycles. The molecule has 0 spiro atoms. The number of allylic oxidation sites excluding steroid dienone is 4. The second kappa shape index (κ2) is 6.26. The number of hydrogen-bond acceptors (Lipinski definition) is 4. The molecule has 132 valence electrons. The SMILES string of the molecule is C=C1c2[nH]c3cc(OC)ccc3c2CCN1/C=C1\C=CC=C(OC)C1=O. The van der Waals surface area contributed by atoms with Crippen LogP contribution in [0.3, 0.4) is 0 Å². The van der Waals surface area contributed by atoms with Crippen LogP contribution < -0.4 is 4.74 Å². The average molecular weight is 348 g/mol. The van der Waals surface area contributed by atoms with Gasteiger partial charge < -0.3 is 19.4 Å². The van der Waals surface area contributed by atoms with E-state index in [0.29, 0.717) is 11.3 Å². The van der Waals surface area contributed by atoms with E-state index < -0.39 is 0 Å². The average Bonchev–Trinajstić information content (AvgIpc) is 3.04. The zero-order valence-corrected chi connectivity index (χ0v) is 14.8. The lowest BCUT2D eigenvalue weighted by atomic mass is 10.0. The number of nitrogens with zero attached hydrogens (tertiary/aromatic N) is 1. The molecule has 2 aromatic rings. The van der Waals surface area contributed by atoms with Crippen molar-refractivity contribution in [2.45, 2.75) is 6.42 Å². The van der Waals surface area contributed by atoms with Crippen LogP contribution in [0.2, 0.25) is 0 Å². The number of benzene rings is 1. The summed E-state index contributed by atoms with van der Waals surface area (Å²) in [4.78, 5) is 17.9. The second-order valence-electron chi connectivity index (χ2n) is 6.29. The molecule has 1 aliphatic carbocycles. The van der Waals surface area contributed by atoms with Gasteiger partial charge in [0.2, 0.25) is 5.78 Å². The van der Waals surface area contributed by atoms with Crippen LogP contribution in [0.15, 0.2) is 60.5 Å². The third-order valence-corrected chi connectivity index (χ3v) is 4.88. The zero-order valence-electron chi connectivity index (χ0n) is 14.8. The maximum atomic E-state index is 12.4. The van der Waals surface area contributed by atoms with Gasteiger partial charge in [0.25, 0.3) is 0 Å². The van der Waals surface area contributed by atoms with Crippen LogP contribution in [0.25, 0.3) is 16.6 Å². The fourth-order valence-electron chi connectivity index (χ4n) is 3.48. The molecule has 0 fully saturated rings. The maximum absolute atomic E-state index is 12.4. The standard InChI is InChI=1S/C21H20N2O3/c1-13-20-17(16-8-7-15(25-2)11-18(16)22-20)9-10-23(13)12-14-5-4-6-19(26-3)21(14)24/h4-8,11-12,22H,1,9-10H2,2-3H3/b14-12+. The van der Waals surface area contributed by atoms with E-state index in [9.17, 15) is 4.79 Å². The molecule has 0 atom stereocenters. The molecule has 26 heavy (non-hydrogen) atoms. The lowest BCUT2D eigenvalue weighted by Crippen LogP contribution is -2.25. The fourth-order valence-corrected chi connectivity index (χ4v) is 3.48. The Hall–Kier alpha value is -3.21. The molecule has 0 saturated carbocycles. The van der Waals surface area contributed by atoms with E-state index >= 15 is 0 Å². The number of aromatic nitrogens is 1. The van der Waals surface area contributed by atoms with Gasteiger partial charge in [-0.2, -0.15) is 0 Å².